The summed E-state index contributed by atoms with van der Waals surface area (Å²) in [6.07, 6.45) is -0.193. The fraction of sp³-hybridized carbons (Fsp3) is 0.600. The highest BCUT2D eigenvalue weighted by Gasteiger charge is 2.34. The number of carboxylic acids is 1. The van der Waals surface area contributed by atoms with Crippen molar-refractivity contribution in [1.82, 2.24) is 3.11 Å². The molecule has 1 atom stereocenters. The van der Waals surface area contributed by atoms with Crippen molar-refractivity contribution in [2.24, 2.45) is 0 Å². The third kappa shape index (κ3) is 2.03. The maximum Gasteiger partial charge on any atom is 0.326 e. The van der Waals surface area contributed by atoms with Gasteiger partial charge in [-0.2, -0.15) is 3.11 Å². The van der Waals surface area contributed by atoms with E-state index >= 15 is 0 Å². The molecule has 0 aliphatic carbocycles. The lowest BCUT2D eigenvalue weighted by atomic mass is 10.2. The molecule has 1 rings (SSSR count). The molecule has 1 fully saturated rings. The molecule has 0 aromatic heterocycles. The number of rotatable bonds is 2. The summed E-state index contributed by atoms with van der Waals surface area (Å²) in [6, 6.07) is -0.618. The van der Waals surface area contributed by atoms with Gasteiger partial charge in [0.25, 0.3) is 0 Å². The van der Waals surface area contributed by atoms with E-state index in [-0.39, 0.29) is 13.2 Å². The van der Waals surface area contributed by atoms with E-state index in [0.717, 1.165) is 0 Å². The van der Waals surface area contributed by atoms with Crippen molar-refractivity contribution in [3.05, 3.63) is 0 Å². The van der Waals surface area contributed by atoms with Crippen LogP contribution in [0, 0.1) is 0 Å². The second kappa shape index (κ2) is 3.35. The summed E-state index contributed by atoms with van der Waals surface area (Å²) < 4.78 is 6.13. The summed E-state index contributed by atoms with van der Waals surface area (Å²) >= 11 is 1.87. The fourth-order valence-corrected chi connectivity index (χ4v) is 1.34. The maximum absolute atomic E-state index is 10.8. The zero-order chi connectivity index (χ0) is 8.43. The van der Waals surface area contributed by atoms with Gasteiger partial charge in [0.05, 0.1) is 6.42 Å². The fourth-order valence-electron chi connectivity index (χ4n) is 0.774. The van der Waals surface area contributed by atoms with E-state index in [1.165, 1.54) is 3.11 Å². The predicted molar refractivity (Wildman–Crippen MR) is 42.9 cm³/mol. The number of hydrogen-bond donors (Lipinski definition) is 1. The van der Waals surface area contributed by atoms with Gasteiger partial charge in [-0.3, -0.25) is 9.59 Å². The van der Waals surface area contributed by atoms with Gasteiger partial charge < -0.3 is 9.84 Å². The van der Waals surface area contributed by atoms with Gasteiger partial charge in [0.2, 0.25) is 0 Å². The molecule has 5 nitrogen and oxygen atoms in total. The Balaban J connectivity index is 2.54. The van der Waals surface area contributed by atoms with Crippen molar-refractivity contribution >= 4 is 34.8 Å². The average molecular weight is 271 g/mol. The van der Waals surface area contributed by atoms with Crippen molar-refractivity contribution in [1.29, 1.82) is 0 Å². The topological polar surface area (TPSA) is 66.8 Å². The number of halogens is 1. The molecule has 0 radical (unpaired) electrons. The van der Waals surface area contributed by atoms with Crippen LogP contribution >= 0.6 is 22.9 Å². The molecule has 0 spiro atoms. The molecule has 0 unspecified atom stereocenters. The molecule has 1 N–H and O–H groups in total. The Labute approximate surface area is 76.8 Å². The van der Waals surface area contributed by atoms with E-state index in [4.69, 9.17) is 5.11 Å². The Hall–Kier alpha value is -0.370. The first-order valence-electron chi connectivity index (χ1n) is 2.92. The minimum absolute atomic E-state index is 0.178. The van der Waals surface area contributed by atoms with Gasteiger partial charge >= 0.3 is 11.9 Å². The highest BCUT2D eigenvalue weighted by Crippen LogP contribution is 2.18. The molecule has 1 saturated heterocycles. The standard InChI is InChI=1S/C5H6INO4/c6-7-2-11-5(10)3(7)1-4(8)9/h3H,1-2H2,(H,8,9)/t3-/m0/s1. The molecule has 0 amide bonds. The van der Waals surface area contributed by atoms with Crippen LogP contribution in [0.5, 0.6) is 0 Å². The second-order valence-corrected chi connectivity index (χ2v) is 3.35. The number of aliphatic carboxylic acids is 1. The first-order valence-corrected chi connectivity index (χ1v) is 3.88. The van der Waals surface area contributed by atoms with E-state index in [0.29, 0.717) is 0 Å². The molecule has 0 saturated carbocycles. The largest absolute Gasteiger partial charge is 0.481 e. The van der Waals surface area contributed by atoms with Crippen LogP contribution in [-0.4, -0.2) is 32.9 Å². The molecule has 6 heteroatoms. The minimum atomic E-state index is -0.990. The third-order valence-electron chi connectivity index (χ3n) is 1.31. The van der Waals surface area contributed by atoms with E-state index in [9.17, 15) is 9.59 Å². The van der Waals surface area contributed by atoms with Crippen LogP contribution < -0.4 is 0 Å². The summed E-state index contributed by atoms with van der Waals surface area (Å²) in [5.74, 6) is -1.45. The first-order chi connectivity index (χ1) is 5.11. The summed E-state index contributed by atoms with van der Waals surface area (Å²) in [5.41, 5.74) is 0. The number of carbonyl (C=O) groups is 2. The zero-order valence-electron chi connectivity index (χ0n) is 5.49. The highest BCUT2D eigenvalue weighted by atomic mass is 127. The van der Waals surface area contributed by atoms with Gasteiger partial charge in [0.1, 0.15) is 6.04 Å². The van der Waals surface area contributed by atoms with Gasteiger partial charge in [-0.15, -0.1) is 0 Å². The normalized spacial score (nSPS) is 25.2. The van der Waals surface area contributed by atoms with Gasteiger partial charge in [-0.25, -0.2) is 0 Å². The Morgan fingerprint density at radius 2 is 2.55 bits per heavy atom. The molecule has 1 aliphatic heterocycles. The summed E-state index contributed by atoms with van der Waals surface area (Å²) in [4.78, 5) is 21.0. The molecule has 0 aromatic rings. The van der Waals surface area contributed by atoms with Crippen molar-refractivity contribution in [2.75, 3.05) is 6.73 Å². The van der Waals surface area contributed by atoms with Crippen LogP contribution in [0.2, 0.25) is 0 Å². The third-order valence-corrected chi connectivity index (χ3v) is 2.26. The number of hydrogen-bond acceptors (Lipinski definition) is 4. The Morgan fingerprint density at radius 1 is 1.91 bits per heavy atom. The van der Waals surface area contributed by atoms with Crippen LogP contribution in [-0.2, 0) is 14.3 Å². The van der Waals surface area contributed by atoms with Crippen molar-refractivity contribution in [3.63, 3.8) is 0 Å². The Morgan fingerprint density at radius 3 is 2.91 bits per heavy atom. The van der Waals surface area contributed by atoms with E-state index in [1.807, 2.05) is 22.9 Å². The number of carbonyl (C=O) groups excluding carboxylic acids is 1. The average Bonchev–Trinajstić information content (AvgIpc) is 2.18. The molecular weight excluding hydrogens is 265 g/mol. The lowest BCUT2D eigenvalue weighted by Gasteiger charge is -2.07. The molecular formula is C5H6INO4. The maximum atomic E-state index is 10.8. The lowest BCUT2D eigenvalue weighted by Crippen LogP contribution is -2.27. The zero-order valence-corrected chi connectivity index (χ0v) is 7.65. The summed E-state index contributed by atoms with van der Waals surface area (Å²) in [6.45, 7) is 0.178. The van der Waals surface area contributed by atoms with Crippen LogP contribution in [0.3, 0.4) is 0 Å². The molecule has 0 bridgehead atoms. The van der Waals surface area contributed by atoms with Crippen LogP contribution in [0.1, 0.15) is 6.42 Å². The quantitative estimate of drug-likeness (QED) is 0.435. The summed E-state index contributed by atoms with van der Waals surface area (Å²) in [5, 5.41) is 8.37. The monoisotopic (exact) mass is 271 g/mol. The molecule has 1 heterocycles. The first kappa shape index (κ1) is 8.72. The van der Waals surface area contributed by atoms with Crippen molar-refractivity contribution < 1.29 is 19.4 Å². The number of nitrogens with zero attached hydrogens (tertiary/aromatic N) is 1. The van der Waals surface area contributed by atoms with Crippen molar-refractivity contribution in [2.45, 2.75) is 12.5 Å². The SMILES string of the molecule is O=C(O)C[C@H]1C(=O)OCN1I. The summed E-state index contributed by atoms with van der Waals surface area (Å²) in [7, 11) is 0. The number of ether oxygens (including phenoxy) is 1. The molecule has 1 aliphatic rings. The number of esters is 1. The highest BCUT2D eigenvalue weighted by molar-refractivity contribution is 14.1. The second-order valence-electron chi connectivity index (χ2n) is 2.11. The Kier molecular flexibility index (Phi) is 2.66. The van der Waals surface area contributed by atoms with E-state index < -0.39 is 18.0 Å². The van der Waals surface area contributed by atoms with E-state index in [1.54, 1.807) is 0 Å². The molecule has 62 valence electrons. The number of cyclic esters (lactones) is 1. The Bertz CT molecular complexity index is 195. The minimum Gasteiger partial charge on any atom is -0.481 e. The van der Waals surface area contributed by atoms with E-state index in [2.05, 4.69) is 4.74 Å². The van der Waals surface area contributed by atoms with Crippen LogP contribution in [0.25, 0.3) is 0 Å². The number of carboxylic acid groups (broad SMARTS) is 1. The van der Waals surface area contributed by atoms with Gasteiger partial charge in [0, 0.05) is 22.9 Å². The van der Waals surface area contributed by atoms with Gasteiger partial charge in [0.15, 0.2) is 6.73 Å². The molecule has 0 aromatic carbocycles. The van der Waals surface area contributed by atoms with Crippen LogP contribution in [0.15, 0.2) is 0 Å². The molecule has 11 heavy (non-hydrogen) atoms. The predicted octanol–water partition coefficient (Wildman–Crippen LogP) is -0.00400. The van der Waals surface area contributed by atoms with Gasteiger partial charge in [-0.1, -0.05) is 0 Å². The smallest absolute Gasteiger partial charge is 0.326 e. The van der Waals surface area contributed by atoms with Gasteiger partial charge in [-0.05, 0) is 0 Å². The van der Waals surface area contributed by atoms with Crippen LogP contribution in [0.4, 0.5) is 0 Å². The lowest BCUT2D eigenvalue weighted by molar-refractivity contribution is -0.144. The van der Waals surface area contributed by atoms with Crippen molar-refractivity contribution in [3.8, 4) is 0 Å².